The molecule has 0 spiro atoms. The molecule has 0 aliphatic carbocycles. The van der Waals surface area contributed by atoms with E-state index < -0.39 is 24.3 Å². The van der Waals surface area contributed by atoms with Gasteiger partial charge in [-0.25, -0.2) is 14.6 Å². The fourth-order valence-corrected chi connectivity index (χ4v) is 8.55. The van der Waals surface area contributed by atoms with Crippen LogP contribution in [0.4, 0.5) is 9.59 Å². The zero-order valence-electron chi connectivity index (χ0n) is 33.8. The van der Waals surface area contributed by atoms with Crippen molar-refractivity contribution in [3.05, 3.63) is 52.4 Å². The van der Waals surface area contributed by atoms with Crippen LogP contribution in [0.25, 0.3) is 10.1 Å². The number of fused-ring (bicyclic) bond motifs is 1. The number of amidine groups is 1. The number of nitrogens with one attached hydrogen (secondary N) is 4. The molecule has 5 heterocycles. The third-order valence-corrected chi connectivity index (χ3v) is 11.6. The number of imidazole rings is 1. The summed E-state index contributed by atoms with van der Waals surface area (Å²) in [5, 5.41) is 9.90. The minimum Gasteiger partial charge on any atom is -0.453 e. The molecule has 3 aromatic rings. The van der Waals surface area contributed by atoms with E-state index in [0.717, 1.165) is 39.2 Å². The summed E-state index contributed by atoms with van der Waals surface area (Å²) in [5.74, 6) is 14.5. The Morgan fingerprint density at radius 1 is 0.860 bits per heavy atom. The Morgan fingerprint density at radius 3 is 2.09 bits per heavy atom. The Kier molecular flexibility index (Phi) is 12.8. The molecule has 3 aliphatic heterocycles. The van der Waals surface area contributed by atoms with Crippen molar-refractivity contribution in [3.8, 4) is 23.7 Å². The highest BCUT2D eigenvalue weighted by molar-refractivity contribution is 7.19. The monoisotopic (exact) mass is 796 g/mol. The van der Waals surface area contributed by atoms with Crippen LogP contribution in [0.5, 0.6) is 0 Å². The standard InChI is InChI=1S/C42H52N8O6S/c1-23(2)35(47-41(53)55-7)39(51)49-21-25(5)15-32(49)37-43-19-29(45-37)11-9-27-10-14-34-28(17-27)18-31(57-34)13-12-30-20-44-38(46-30)33-16-26(6)22-50(33)40(52)36(24(3)4)48-42(54)56-8/h10,14,17-19,23-26,30,32-33,35-36H,15-16,20-22H2,1-8H3,(H,43,45)(H,44,46)(H,47,53)(H,48,54)/t25-,26-,30?,32-,33-,35-,36-/m0/s1. The van der Waals surface area contributed by atoms with Crippen molar-refractivity contribution >= 4 is 51.3 Å². The van der Waals surface area contributed by atoms with E-state index in [1.807, 2.05) is 50.8 Å². The first-order chi connectivity index (χ1) is 27.2. The summed E-state index contributed by atoms with van der Waals surface area (Å²) in [7, 11) is 2.57. The number of methoxy groups -OCH3 is 2. The number of rotatable bonds is 8. The van der Waals surface area contributed by atoms with E-state index in [1.165, 1.54) is 14.2 Å². The molecule has 57 heavy (non-hydrogen) atoms. The minimum atomic E-state index is -0.710. The summed E-state index contributed by atoms with van der Waals surface area (Å²) in [5.41, 5.74) is 1.49. The number of nitrogens with zero attached hydrogens (tertiary/aromatic N) is 4. The molecule has 7 atom stereocenters. The number of ether oxygens (including phenoxy) is 2. The highest BCUT2D eigenvalue weighted by atomic mass is 32.1. The predicted molar refractivity (Wildman–Crippen MR) is 218 cm³/mol. The number of thiophene rings is 1. The number of hydrogen-bond acceptors (Lipinski definition) is 10. The normalized spacial score (nSPS) is 22.6. The summed E-state index contributed by atoms with van der Waals surface area (Å²) in [6, 6.07) is 6.09. The van der Waals surface area contributed by atoms with Crippen LogP contribution in [0.3, 0.4) is 0 Å². The van der Waals surface area contributed by atoms with E-state index in [4.69, 9.17) is 14.5 Å². The lowest BCUT2D eigenvalue weighted by molar-refractivity contribution is -0.136. The van der Waals surface area contributed by atoms with Crippen molar-refractivity contribution in [1.29, 1.82) is 0 Å². The van der Waals surface area contributed by atoms with Gasteiger partial charge in [-0.05, 0) is 72.1 Å². The number of aromatic nitrogens is 2. The van der Waals surface area contributed by atoms with Gasteiger partial charge in [-0.2, -0.15) is 0 Å². The maximum Gasteiger partial charge on any atom is 0.407 e. The van der Waals surface area contributed by atoms with Gasteiger partial charge in [0.2, 0.25) is 11.8 Å². The zero-order valence-corrected chi connectivity index (χ0v) is 34.6. The summed E-state index contributed by atoms with van der Waals surface area (Å²) >= 11 is 1.61. The molecule has 2 aromatic heterocycles. The van der Waals surface area contributed by atoms with Gasteiger partial charge in [-0.3, -0.25) is 14.6 Å². The lowest BCUT2D eigenvalue weighted by Crippen LogP contribution is -2.55. The largest absolute Gasteiger partial charge is 0.453 e. The smallest absolute Gasteiger partial charge is 0.407 e. The Hall–Kier alpha value is -5.54. The second kappa shape index (κ2) is 17.7. The quantitative estimate of drug-likeness (QED) is 0.239. The van der Waals surface area contributed by atoms with Gasteiger partial charge in [0.05, 0.1) is 43.9 Å². The van der Waals surface area contributed by atoms with Gasteiger partial charge in [0, 0.05) is 23.4 Å². The topological polar surface area (TPSA) is 170 Å². The number of aliphatic imine (C=N–C) groups is 1. The van der Waals surface area contributed by atoms with Crippen LogP contribution >= 0.6 is 11.3 Å². The fourth-order valence-electron chi connectivity index (χ4n) is 7.65. The molecule has 2 fully saturated rings. The zero-order chi connectivity index (χ0) is 41.0. The number of hydrogen-bond donors (Lipinski definition) is 4. The lowest BCUT2D eigenvalue weighted by Gasteiger charge is -2.31. The van der Waals surface area contributed by atoms with Crippen LogP contribution < -0.4 is 16.0 Å². The maximum atomic E-state index is 13.6. The first-order valence-corrected chi connectivity index (χ1v) is 20.3. The van der Waals surface area contributed by atoms with Crippen LogP contribution in [0.2, 0.25) is 0 Å². The highest BCUT2D eigenvalue weighted by Crippen LogP contribution is 2.35. The van der Waals surface area contributed by atoms with Crippen molar-refractivity contribution in [1.82, 2.24) is 35.7 Å². The summed E-state index contributed by atoms with van der Waals surface area (Å²) in [6.07, 6.45) is 1.95. The molecule has 2 saturated heterocycles. The second-order valence-electron chi connectivity index (χ2n) is 15.9. The maximum absolute atomic E-state index is 13.6. The van der Waals surface area contributed by atoms with E-state index in [9.17, 15) is 19.2 Å². The minimum absolute atomic E-state index is 0.111. The molecule has 3 aliphatic rings. The van der Waals surface area contributed by atoms with E-state index in [2.05, 4.69) is 69.5 Å². The Bertz CT molecular complexity index is 2150. The van der Waals surface area contributed by atoms with Crippen LogP contribution in [0.1, 0.15) is 82.4 Å². The Balaban J connectivity index is 1.09. The number of carbonyl (C=O) groups is 4. The number of benzene rings is 1. The van der Waals surface area contributed by atoms with E-state index >= 15 is 0 Å². The van der Waals surface area contributed by atoms with Gasteiger partial charge in [0.25, 0.3) is 0 Å². The Morgan fingerprint density at radius 2 is 1.47 bits per heavy atom. The molecule has 0 radical (unpaired) electrons. The molecule has 302 valence electrons. The molecule has 14 nitrogen and oxygen atoms in total. The number of carbonyl (C=O) groups excluding carboxylic acids is 4. The van der Waals surface area contributed by atoms with E-state index in [-0.39, 0.29) is 53.6 Å². The molecule has 0 bridgehead atoms. The van der Waals surface area contributed by atoms with Crippen LogP contribution in [0.15, 0.2) is 35.5 Å². The summed E-state index contributed by atoms with van der Waals surface area (Å²) in [4.78, 5) is 68.4. The average Bonchev–Trinajstić information content (AvgIpc) is 4.03. The fraction of sp³-hybridized carbons (Fsp3) is 0.524. The van der Waals surface area contributed by atoms with Crippen molar-refractivity contribution in [3.63, 3.8) is 0 Å². The summed E-state index contributed by atoms with van der Waals surface area (Å²) in [6.45, 7) is 13.4. The molecule has 0 saturated carbocycles. The van der Waals surface area contributed by atoms with Gasteiger partial charge < -0.3 is 40.2 Å². The van der Waals surface area contributed by atoms with Gasteiger partial charge in [0.15, 0.2) is 0 Å². The number of likely N-dealkylation sites (tertiary alicyclic amines) is 2. The van der Waals surface area contributed by atoms with Gasteiger partial charge in [-0.1, -0.05) is 59.3 Å². The van der Waals surface area contributed by atoms with Gasteiger partial charge in [-0.15, -0.1) is 11.3 Å². The molecular formula is C42H52N8O6S. The highest BCUT2D eigenvalue weighted by Gasteiger charge is 2.42. The third kappa shape index (κ3) is 9.54. The number of amides is 4. The second-order valence-corrected chi connectivity index (χ2v) is 17.0. The van der Waals surface area contributed by atoms with Crippen LogP contribution in [-0.4, -0.2) is 108 Å². The first kappa shape index (κ1) is 41.1. The van der Waals surface area contributed by atoms with Crippen LogP contribution in [-0.2, 0) is 19.1 Å². The number of aromatic amines is 1. The van der Waals surface area contributed by atoms with Crippen LogP contribution in [0, 0.1) is 47.4 Å². The summed E-state index contributed by atoms with van der Waals surface area (Å²) < 4.78 is 10.6. The van der Waals surface area contributed by atoms with Crippen molar-refractivity contribution in [2.45, 2.75) is 84.6 Å². The third-order valence-electron chi connectivity index (χ3n) is 10.6. The molecular weight excluding hydrogens is 745 g/mol. The van der Waals surface area contributed by atoms with Gasteiger partial charge in [0.1, 0.15) is 35.5 Å². The first-order valence-electron chi connectivity index (χ1n) is 19.5. The van der Waals surface area contributed by atoms with E-state index in [0.29, 0.717) is 31.2 Å². The molecule has 1 unspecified atom stereocenters. The van der Waals surface area contributed by atoms with Crippen molar-refractivity contribution in [2.75, 3.05) is 33.9 Å². The van der Waals surface area contributed by atoms with E-state index in [1.54, 1.807) is 22.4 Å². The molecule has 6 rings (SSSR count). The molecule has 4 N–H and O–H groups in total. The average molecular weight is 797 g/mol. The van der Waals surface area contributed by atoms with Crippen molar-refractivity contribution in [2.24, 2.45) is 28.7 Å². The molecule has 4 amide bonds. The molecule has 15 heteroatoms. The lowest BCUT2D eigenvalue weighted by atomic mass is 10.0. The number of H-pyrrole nitrogens is 1. The predicted octanol–water partition coefficient (Wildman–Crippen LogP) is 4.65. The van der Waals surface area contributed by atoms with Crippen molar-refractivity contribution < 1.29 is 28.7 Å². The number of alkyl carbamates (subject to hydrolysis) is 2. The molecule has 1 aromatic carbocycles. The van der Waals surface area contributed by atoms with Gasteiger partial charge >= 0.3 is 12.2 Å². The Labute approximate surface area is 337 Å². The SMILES string of the molecule is COC(=O)N[C@H](C(=O)N1C[C@@H](C)C[C@H]1C1=NCC(C#Cc2cc3cc(C#Cc4cnc([C@@H]5C[C@H](C)CN5C(=O)[C@@H](NC(=O)OC)C(C)C)[nH]4)ccc3s2)N1)C(C)C.